The molecule has 4 heteroatoms. The number of aliphatic hydroxyl groups is 1. The number of allylic oxidation sites excluding steroid dienone is 3. The number of aliphatic carboxylic acids is 1. The third-order valence-electron chi connectivity index (χ3n) is 5.40. The van der Waals surface area contributed by atoms with Crippen LogP contribution < -0.4 is 0 Å². The largest absolute Gasteiger partial charge is 0.478 e. The first kappa shape index (κ1) is 17.7. The summed E-state index contributed by atoms with van der Waals surface area (Å²) in [6, 6.07) is 0. The number of carbonyl (C=O) groups is 2. The standard InChI is InChI=1S/C19H26O4/c1-12(10-15(21)22)6-7-19(23)13(2)16(18(5)8-9-18)14(20)11-17(19,3)4/h6-7,10,23H,8-9,11H2,1-5H3,(H,21,22). The predicted octanol–water partition coefficient (Wildman–Crippen LogP) is 3.42. The van der Waals surface area contributed by atoms with Crippen molar-refractivity contribution in [3.63, 3.8) is 0 Å². The molecule has 126 valence electrons. The van der Waals surface area contributed by atoms with E-state index in [0.717, 1.165) is 24.5 Å². The smallest absolute Gasteiger partial charge is 0.328 e. The Kier molecular flexibility index (Phi) is 4.18. The van der Waals surface area contributed by atoms with Crippen molar-refractivity contribution < 1.29 is 19.8 Å². The van der Waals surface area contributed by atoms with Crippen molar-refractivity contribution in [2.45, 2.75) is 59.5 Å². The first-order valence-electron chi connectivity index (χ1n) is 8.01. The maximum Gasteiger partial charge on any atom is 0.328 e. The zero-order chi connectivity index (χ0) is 17.6. The van der Waals surface area contributed by atoms with Gasteiger partial charge >= 0.3 is 5.97 Å². The van der Waals surface area contributed by atoms with Crippen LogP contribution in [0.5, 0.6) is 0 Å². The van der Waals surface area contributed by atoms with Gasteiger partial charge in [0.15, 0.2) is 5.78 Å². The molecule has 1 saturated carbocycles. The lowest BCUT2D eigenvalue weighted by atomic mass is 9.60. The number of hydrogen-bond donors (Lipinski definition) is 2. The average Bonchev–Trinajstić information content (AvgIpc) is 3.11. The van der Waals surface area contributed by atoms with Crippen LogP contribution in [0.4, 0.5) is 0 Å². The lowest BCUT2D eigenvalue weighted by molar-refractivity contribution is -0.131. The molecule has 0 aromatic carbocycles. The zero-order valence-electron chi connectivity index (χ0n) is 14.6. The van der Waals surface area contributed by atoms with Crippen LogP contribution in [0, 0.1) is 10.8 Å². The van der Waals surface area contributed by atoms with Crippen LogP contribution in [-0.4, -0.2) is 27.6 Å². The van der Waals surface area contributed by atoms with Crippen molar-refractivity contribution in [1.29, 1.82) is 0 Å². The molecule has 1 atom stereocenters. The van der Waals surface area contributed by atoms with E-state index < -0.39 is 17.0 Å². The number of hydrogen-bond acceptors (Lipinski definition) is 3. The van der Waals surface area contributed by atoms with Gasteiger partial charge in [0.05, 0.1) is 0 Å². The molecule has 1 unspecified atom stereocenters. The second kappa shape index (κ2) is 5.45. The maximum atomic E-state index is 12.6. The summed E-state index contributed by atoms with van der Waals surface area (Å²) in [6.45, 7) is 9.33. The van der Waals surface area contributed by atoms with E-state index >= 15 is 0 Å². The van der Waals surface area contributed by atoms with Gasteiger partial charge in [-0.15, -0.1) is 0 Å². The monoisotopic (exact) mass is 318 g/mol. The fourth-order valence-corrected chi connectivity index (χ4v) is 3.60. The third-order valence-corrected chi connectivity index (χ3v) is 5.40. The number of carbonyl (C=O) groups excluding carboxylic acids is 1. The second-order valence-electron chi connectivity index (χ2n) is 7.87. The van der Waals surface area contributed by atoms with Crippen molar-refractivity contribution in [1.82, 2.24) is 0 Å². The Hall–Kier alpha value is -1.68. The normalized spacial score (nSPS) is 30.0. The molecule has 0 aromatic heterocycles. The SMILES string of the molecule is CC(C=CC1(O)C(C)=C(C2(C)CC2)C(=O)CC1(C)C)=CC(=O)O. The number of ketones is 1. The summed E-state index contributed by atoms with van der Waals surface area (Å²) >= 11 is 0. The Bertz CT molecular complexity index is 644. The second-order valence-corrected chi connectivity index (χ2v) is 7.87. The highest BCUT2D eigenvalue weighted by atomic mass is 16.4. The highest BCUT2D eigenvalue weighted by Crippen LogP contribution is 2.58. The number of Topliss-reactive ketones (excluding diaryl/α,β-unsaturated/α-hetero) is 1. The van der Waals surface area contributed by atoms with E-state index in [2.05, 4.69) is 6.92 Å². The molecule has 0 saturated heterocycles. The van der Waals surface area contributed by atoms with Gasteiger partial charge in [-0.05, 0) is 49.3 Å². The van der Waals surface area contributed by atoms with Crippen molar-refractivity contribution in [3.8, 4) is 0 Å². The molecular formula is C19H26O4. The molecule has 0 spiro atoms. The summed E-state index contributed by atoms with van der Waals surface area (Å²) in [5, 5.41) is 20.2. The molecule has 4 nitrogen and oxygen atoms in total. The topological polar surface area (TPSA) is 74.6 Å². The van der Waals surface area contributed by atoms with Crippen LogP contribution in [0.15, 0.2) is 34.9 Å². The molecule has 23 heavy (non-hydrogen) atoms. The van der Waals surface area contributed by atoms with Crippen LogP contribution in [-0.2, 0) is 9.59 Å². The van der Waals surface area contributed by atoms with Crippen molar-refractivity contribution in [3.05, 3.63) is 34.9 Å². The lowest BCUT2D eigenvalue weighted by Crippen LogP contribution is -2.50. The molecule has 0 amide bonds. The molecule has 2 N–H and O–H groups in total. The highest BCUT2D eigenvalue weighted by molar-refractivity contribution is 6.00. The minimum absolute atomic E-state index is 0.106. The molecular weight excluding hydrogens is 292 g/mol. The van der Waals surface area contributed by atoms with Crippen LogP contribution >= 0.6 is 0 Å². The van der Waals surface area contributed by atoms with Gasteiger partial charge in [-0.2, -0.15) is 0 Å². The van der Waals surface area contributed by atoms with Gasteiger partial charge in [0, 0.05) is 23.5 Å². The summed E-state index contributed by atoms with van der Waals surface area (Å²) in [6.07, 6.45) is 6.62. The average molecular weight is 318 g/mol. The first-order chi connectivity index (χ1) is 10.4. The Labute approximate surface area is 137 Å². The van der Waals surface area contributed by atoms with Gasteiger partial charge in [0.1, 0.15) is 5.60 Å². The van der Waals surface area contributed by atoms with Crippen LogP contribution in [0.3, 0.4) is 0 Å². The van der Waals surface area contributed by atoms with Gasteiger partial charge < -0.3 is 10.2 Å². The van der Waals surface area contributed by atoms with E-state index in [1.165, 1.54) is 0 Å². The van der Waals surface area contributed by atoms with Gasteiger partial charge in [-0.25, -0.2) is 4.79 Å². The Balaban J connectivity index is 2.51. The summed E-state index contributed by atoms with van der Waals surface area (Å²) in [5.41, 5.74) is 0.0247. The zero-order valence-corrected chi connectivity index (χ0v) is 14.6. The van der Waals surface area contributed by atoms with Crippen LogP contribution in [0.2, 0.25) is 0 Å². The van der Waals surface area contributed by atoms with E-state index in [9.17, 15) is 14.7 Å². The van der Waals surface area contributed by atoms with Gasteiger partial charge in [0.2, 0.25) is 0 Å². The minimum atomic E-state index is -1.25. The lowest BCUT2D eigenvalue weighted by Gasteiger charge is -2.46. The van der Waals surface area contributed by atoms with Crippen molar-refractivity contribution >= 4 is 11.8 Å². The minimum Gasteiger partial charge on any atom is -0.478 e. The molecule has 0 aromatic rings. The highest BCUT2D eigenvalue weighted by Gasteiger charge is 2.55. The predicted molar refractivity (Wildman–Crippen MR) is 88.9 cm³/mol. The quantitative estimate of drug-likeness (QED) is 0.615. The first-order valence-corrected chi connectivity index (χ1v) is 8.01. The Morgan fingerprint density at radius 1 is 1.22 bits per heavy atom. The summed E-state index contributed by atoms with van der Waals surface area (Å²) in [7, 11) is 0. The molecule has 0 radical (unpaired) electrons. The molecule has 2 rings (SSSR count). The molecule has 1 fully saturated rings. The van der Waals surface area contributed by atoms with Gasteiger partial charge in [-0.3, -0.25) is 4.79 Å². The van der Waals surface area contributed by atoms with E-state index in [-0.39, 0.29) is 17.6 Å². The molecule has 0 heterocycles. The van der Waals surface area contributed by atoms with Crippen molar-refractivity contribution in [2.24, 2.45) is 10.8 Å². The fraction of sp³-hybridized carbons (Fsp3) is 0.579. The molecule has 2 aliphatic rings. The van der Waals surface area contributed by atoms with E-state index in [0.29, 0.717) is 11.1 Å². The molecule has 2 aliphatic carbocycles. The van der Waals surface area contributed by atoms with E-state index in [1.807, 2.05) is 20.8 Å². The Morgan fingerprint density at radius 2 is 1.78 bits per heavy atom. The summed E-state index contributed by atoms with van der Waals surface area (Å²) in [5.74, 6) is -0.890. The number of rotatable bonds is 4. The summed E-state index contributed by atoms with van der Waals surface area (Å²) in [4.78, 5) is 23.3. The van der Waals surface area contributed by atoms with Crippen molar-refractivity contribution in [2.75, 3.05) is 0 Å². The van der Waals surface area contributed by atoms with E-state index in [4.69, 9.17) is 5.11 Å². The number of carboxylic acid groups (broad SMARTS) is 1. The summed E-state index contributed by atoms with van der Waals surface area (Å²) < 4.78 is 0. The van der Waals surface area contributed by atoms with Crippen LogP contribution in [0.1, 0.15) is 53.9 Å². The third kappa shape index (κ3) is 3.05. The van der Waals surface area contributed by atoms with E-state index in [1.54, 1.807) is 19.1 Å². The number of carboxylic acids is 1. The molecule has 0 aliphatic heterocycles. The van der Waals surface area contributed by atoms with Gasteiger partial charge in [0.25, 0.3) is 0 Å². The maximum absolute atomic E-state index is 12.6. The van der Waals surface area contributed by atoms with Gasteiger partial charge in [-0.1, -0.05) is 26.8 Å². The Morgan fingerprint density at radius 3 is 2.26 bits per heavy atom. The molecule has 0 bridgehead atoms. The fourth-order valence-electron chi connectivity index (χ4n) is 3.60. The van der Waals surface area contributed by atoms with Crippen LogP contribution in [0.25, 0.3) is 0 Å².